The van der Waals surface area contributed by atoms with Gasteiger partial charge in [0.15, 0.2) is 11.5 Å². The molecule has 2 amide bonds. The highest BCUT2D eigenvalue weighted by molar-refractivity contribution is 6.11. The van der Waals surface area contributed by atoms with Crippen molar-refractivity contribution in [3.63, 3.8) is 0 Å². The van der Waals surface area contributed by atoms with E-state index in [1.165, 1.54) is 38.4 Å². The van der Waals surface area contributed by atoms with Crippen molar-refractivity contribution in [1.82, 2.24) is 4.90 Å². The van der Waals surface area contributed by atoms with Gasteiger partial charge in [-0.3, -0.25) is 14.5 Å². The molecule has 1 aliphatic heterocycles. The summed E-state index contributed by atoms with van der Waals surface area (Å²) in [7, 11) is 4.10. The molecular weight excluding hydrogens is 376 g/mol. The summed E-state index contributed by atoms with van der Waals surface area (Å²) < 4.78 is 15.2. The van der Waals surface area contributed by atoms with Crippen LogP contribution in [0.5, 0.6) is 11.5 Å². The lowest BCUT2D eigenvalue weighted by Gasteiger charge is -2.18. The molecule has 0 bridgehead atoms. The van der Waals surface area contributed by atoms with Crippen LogP contribution in [-0.4, -0.2) is 50.6 Å². The van der Waals surface area contributed by atoms with Crippen LogP contribution < -0.4 is 14.8 Å². The second-order valence-corrected chi connectivity index (χ2v) is 6.18. The third-order valence-corrected chi connectivity index (χ3v) is 4.54. The van der Waals surface area contributed by atoms with Crippen molar-refractivity contribution in [2.75, 3.05) is 33.2 Å². The fraction of sp³-hybridized carbons (Fsp3) is 0.190. The van der Waals surface area contributed by atoms with Gasteiger partial charge in [0.05, 0.1) is 32.6 Å². The summed E-state index contributed by atoms with van der Waals surface area (Å²) in [5.41, 5.74) is 1.89. The van der Waals surface area contributed by atoms with Crippen LogP contribution in [0.25, 0.3) is 5.70 Å². The van der Waals surface area contributed by atoms with Crippen LogP contribution in [0.4, 0.5) is 5.69 Å². The Labute approximate surface area is 167 Å². The number of anilines is 1. The van der Waals surface area contributed by atoms with Gasteiger partial charge in [0, 0.05) is 29.0 Å². The number of carbonyl (C=O) groups is 3. The van der Waals surface area contributed by atoms with Crippen molar-refractivity contribution in [1.29, 1.82) is 0 Å². The number of esters is 1. The minimum absolute atomic E-state index is 0.0911. The molecule has 8 nitrogen and oxygen atoms in total. The van der Waals surface area contributed by atoms with Crippen LogP contribution in [0.2, 0.25) is 0 Å². The van der Waals surface area contributed by atoms with E-state index in [2.05, 4.69) is 11.9 Å². The molecule has 29 heavy (non-hydrogen) atoms. The minimum atomic E-state index is -0.657. The quantitative estimate of drug-likeness (QED) is 0.755. The van der Waals surface area contributed by atoms with Crippen molar-refractivity contribution < 1.29 is 28.6 Å². The van der Waals surface area contributed by atoms with Gasteiger partial charge in [-0.15, -0.1) is 0 Å². The molecule has 3 rings (SSSR count). The average molecular weight is 396 g/mol. The van der Waals surface area contributed by atoms with E-state index in [4.69, 9.17) is 14.2 Å². The molecule has 0 unspecified atom stereocenters. The lowest BCUT2D eigenvalue weighted by molar-refractivity contribution is -0.116. The summed E-state index contributed by atoms with van der Waals surface area (Å²) in [6.07, 6.45) is 0. The molecule has 2 aromatic rings. The van der Waals surface area contributed by atoms with Gasteiger partial charge < -0.3 is 19.5 Å². The van der Waals surface area contributed by atoms with E-state index in [0.717, 1.165) is 0 Å². The Bertz CT molecular complexity index is 979. The second kappa shape index (κ2) is 8.05. The summed E-state index contributed by atoms with van der Waals surface area (Å²) in [5, 5.41) is 2.64. The maximum atomic E-state index is 12.7. The molecule has 0 spiro atoms. The number of rotatable bonds is 6. The molecule has 2 aromatic carbocycles. The first-order valence-corrected chi connectivity index (χ1v) is 8.65. The van der Waals surface area contributed by atoms with Gasteiger partial charge in [0.2, 0.25) is 5.91 Å². The zero-order valence-electron chi connectivity index (χ0n) is 16.3. The summed E-state index contributed by atoms with van der Waals surface area (Å²) >= 11 is 0. The van der Waals surface area contributed by atoms with Gasteiger partial charge in [-0.25, -0.2) is 4.79 Å². The zero-order valence-corrected chi connectivity index (χ0v) is 16.3. The fourth-order valence-electron chi connectivity index (χ4n) is 3.10. The number of hydrogen-bond donors (Lipinski definition) is 1. The Kier molecular flexibility index (Phi) is 5.54. The smallest absolute Gasteiger partial charge is 0.340 e. The third-order valence-electron chi connectivity index (χ3n) is 4.54. The molecule has 0 atom stereocenters. The predicted octanol–water partition coefficient (Wildman–Crippen LogP) is 2.56. The number of methoxy groups -OCH3 is 3. The standard InChI is InChI=1S/C21H20N2O6/c1-12-13-7-5-6-8-14(13)20(25)23(12)11-19(24)22-16-10-18(28-3)17(27-2)9-15(16)21(26)29-4/h5-10H,1,11H2,2-4H3,(H,22,24). The second-order valence-electron chi connectivity index (χ2n) is 6.18. The van der Waals surface area contributed by atoms with Crippen molar-refractivity contribution in [2.45, 2.75) is 0 Å². The highest BCUT2D eigenvalue weighted by atomic mass is 16.5. The summed E-state index contributed by atoms with van der Waals surface area (Å²) in [5.74, 6) is -0.838. The maximum absolute atomic E-state index is 12.7. The van der Waals surface area contributed by atoms with Crippen molar-refractivity contribution in [2.24, 2.45) is 0 Å². The van der Waals surface area contributed by atoms with Crippen molar-refractivity contribution in [3.05, 3.63) is 59.7 Å². The van der Waals surface area contributed by atoms with Crippen LogP contribution in [0.15, 0.2) is 43.0 Å². The summed E-state index contributed by atoms with van der Waals surface area (Å²) in [4.78, 5) is 38.7. The first-order valence-electron chi connectivity index (χ1n) is 8.65. The van der Waals surface area contributed by atoms with E-state index in [0.29, 0.717) is 28.3 Å². The highest BCUT2D eigenvalue weighted by Gasteiger charge is 2.32. The lowest BCUT2D eigenvalue weighted by atomic mass is 10.1. The van der Waals surface area contributed by atoms with Crippen LogP contribution in [0, 0.1) is 0 Å². The van der Waals surface area contributed by atoms with E-state index in [1.807, 2.05) is 0 Å². The Morgan fingerprint density at radius 1 is 1.03 bits per heavy atom. The molecule has 0 aromatic heterocycles. The molecule has 1 N–H and O–H groups in total. The SMILES string of the molecule is C=C1c2ccccc2C(=O)N1CC(=O)Nc1cc(OC)c(OC)cc1C(=O)OC. The van der Waals surface area contributed by atoms with E-state index < -0.39 is 11.9 Å². The first-order chi connectivity index (χ1) is 13.9. The number of nitrogens with zero attached hydrogens (tertiary/aromatic N) is 1. The van der Waals surface area contributed by atoms with Gasteiger partial charge in [0.1, 0.15) is 6.54 Å². The molecule has 0 fully saturated rings. The summed E-state index contributed by atoms with van der Waals surface area (Å²) in [6, 6.07) is 9.88. The van der Waals surface area contributed by atoms with Crippen LogP contribution >= 0.6 is 0 Å². The van der Waals surface area contributed by atoms with Crippen LogP contribution in [-0.2, 0) is 9.53 Å². The minimum Gasteiger partial charge on any atom is -0.493 e. The van der Waals surface area contributed by atoms with E-state index in [1.54, 1.807) is 24.3 Å². The number of nitrogens with one attached hydrogen (secondary N) is 1. The van der Waals surface area contributed by atoms with Gasteiger partial charge in [0.25, 0.3) is 5.91 Å². The van der Waals surface area contributed by atoms with E-state index in [9.17, 15) is 14.4 Å². The van der Waals surface area contributed by atoms with Crippen LogP contribution in [0.3, 0.4) is 0 Å². The number of hydrogen-bond acceptors (Lipinski definition) is 6. The third kappa shape index (κ3) is 3.64. The average Bonchev–Trinajstić information content (AvgIpc) is 2.97. The van der Waals surface area contributed by atoms with Crippen molar-refractivity contribution in [3.8, 4) is 11.5 Å². The van der Waals surface area contributed by atoms with Crippen molar-refractivity contribution >= 4 is 29.2 Å². The predicted molar refractivity (Wildman–Crippen MR) is 106 cm³/mol. The number of fused-ring (bicyclic) bond motifs is 1. The molecule has 0 radical (unpaired) electrons. The molecule has 0 saturated heterocycles. The summed E-state index contributed by atoms with van der Waals surface area (Å²) in [6.45, 7) is 3.65. The largest absolute Gasteiger partial charge is 0.493 e. The maximum Gasteiger partial charge on any atom is 0.340 e. The highest BCUT2D eigenvalue weighted by Crippen LogP contribution is 2.34. The van der Waals surface area contributed by atoms with Gasteiger partial charge >= 0.3 is 5.97 Å². The Morgan fingerprint density at radius 2 is 1.66 bits per heavy atom. The molecule has 0 aliphatic carbocycles. The number of carbonyl (C=O) groups excluding carboxylic acids is 3. The monoisotopic (exact) mass is 396 g/mol. The molecule has 150 valence electrons. The molecule has 1 heterocycles. The first kappa shape index (κ1) is 19.9. The number of benzene rings is 2. The van der Waals surface area contributed by atoms with Gasteiger partial charge in [-0.1, -0.05) is 24.8 Å². The van der Waals surface area contributed by atoms with E-state index in [-0.39, 0.29) is 23.7 Å². The molecular formula is C21H20N2O6. The number of amides is 2. The fourth-order valence-corrected chi connectivity index (χ4v) is 3.10. The Hall–Kier alpha value is -3.81. The lowest BCUT2D eigenvalue weighted by Crippen LogP contribution is -2.33. The Morgan fingerprint density at radius 3 is 2.24 bits per heavy atom. The zero-order chi connectivity index (χ0) is 21.1. The Balaban J connectivity index is 1.85. The normalized spacial score (nSPS) is 12.4. The van der Waals surface area contributed by atoms with E-state index >= 15 is 0 Å². The molecule has 0 saturated carbocycles. The van der Waals surface area contributed by atoms with Crippen LogP contribution in [0.1, 0.15) is 26.3 Å². The molecule has 8 heteroatoms. The number of ether oxygens (including phenoxy) is 3. The topological polar surface area (TPSA) is 94.2 Å². The van der Waals surface area contributed by atoms with Gasteiger partial charge in [-0.05, 0) is 6.07 Å². The van der Waals surface area contributed by atoms with Gasteiger partial charge in [-0.2, -0.15) is 0 Å². The molecule has 1 aliphatic rings.